The molecular weight excluding hydrogens is 264 g/mol. The van der Waals surface area contributed by atoms with E-state index in [1.165, 1.54) is 44.9 Å². The molecule has 1 aromatic carbocycles. The van der Waals surface area contributed by atoms with Crippen LogP contribution in [0.25, 0.3) is 0 Å². The lowest BCUT2D eigenvalue weighted by Crippen LogP contribution is -1.99. The number of carboxylic acids is 1. The standard InChI is InChI=1S/C18H28O3/c1-2-3-4-5-6-7-8-9-13-21-15-16-11-10-12-17(14-16)18(19)20/h10-12,14H,2-9,13,15H2,1H3,(H,19,20). The molecule has 0 heterocycles. The number of hydrogen-bond acceptors (Lipinski definition) is 2. The molecule has 3 nitrogen and oxygen atoms in total. The Bertz CT molecular complexity index is 401. The van der Waals surface area contributed by atoms with Crippen LogP contribution in [0, 0.1) is 0 Å². The lowest BCUT2D eigenvalue weighted by molar-refractivity contribution is 0.0696. The van der Waals surface area contributed by atoms with Crippen molar-refractivity contribution < 1.29 is 14.6 Å². The van der Waals surface area contributed by atoms with Gasteiger partial charge in [0.25, 0.3) is 0 Å². The van der Waals surface area contributed by atoms with Crippen molar-refractivity contribution in [2.24, 2.45) is 0 Å². The molecule has 0 radical (unpaired) electrons. The third-order valence-corrected chi connectivity index (χ3v) is 3.58. The van der Waals surface area contributed by atoms with Crippen LogP contribution in [0.1, 0.15) is 74.2 Å². The molecular formula is C18H28O3. The highest BCUT2D eigenvalue weighted by Crippen LogP contribution is 2.10. The highest BCUT2D eigenvalue weighted by atomic mass is 16.5. The summed E-state index contributed by atoms with van der Waals surface area (Å²) in [4.78, 5) is 10.9. The molecule has 0 unspecified atom stereocenters. The average Bonchev–Trinajstić information content (AvgIpc) is 2.49. The van der Waals surface area contributed by atoms with E-state index >= 15 is 0 Å². The summed E-state index contributed by atoms with van der Waals surface area (Å²) in [5.74, 6) is -0.889. The first-order valence-electron chi connectivity index (χ1n) is 8.14. The van der Waals surface area contributed by atoms with Gasteiger partial charge in [-0.3, -0.25) is 0 Å². The SMILES string of the molecule is CCCCCCCCCCOCc1cccc(C(=O)O)c1. The van der Waals surface area contributed by atoms with Crippen LogP contribution in [0.15, 0.2) is 24.3 Å². The van der Waals surface area contributed by atoms with Gasteiger partial charge in [-0.1, -0.05) is 64.0 Å². The zero-order chi connectivity index (χ0) is 15.3. The maximum Gasteiger partial charge on any atom is 0.335 e. The third kappa shape index (κ3) is 8.51. The van der Waals surface area contributed by atoms with Gasteiger partial charge in [-0.2, -0.15) is 0 Å². The number of rotatable bonds is 12. The summed E-state index contributed by atoms with van der Waals surface area (Å²) in [6.07, 6.45) is 10.3. The van der Waals surface area contributed by atoms with Crippen molar-refractivity contribution in [1.82, 2.24) is 0 Å². The summed E-state index contributed by atoms with van der Waals surface area (Å²) < 4.78 is 5.61. The smallest absolute Gasteiger partial charge is 0.335 e. The largest absolute Gasteiger partial charge is 0.478 e. The predicted octanol–water partition coefficient (Wildman–Crippen LogP) is 5.04. The molecule has 0 aromatic heterocycles. The van der Waals surface area contributed by atoms with Crippen LogP contribution in [-0.4, -0.2) is 17.7 Å². The number of unbranched alkanes of at least 4 members (excludes halogenated alkanes) is 7. The summed E-state index contributed by atoms with van der Waals surface area (Å²) in [7, 11) is 0. The molecule has 0 saturated carbocycles. The van der Waals surface area contributed by atoms with Crippen LogP contribution in [-0.2, 0) is 11.3 Å². The molecule has 0 aliphatic carbocycles. The molecule has 0 spiro atoms. The van der Waals surface area contributed by atoms with E-state index in [1.54, 1.807) is 18.2 Å². The number of hydrogen-bond donors (Lipinski definition) is 1. The van der Waals surface area contributed by atoms with Crippen molar-refractivity contribution in [2.75, 3.05) is 6.61 Å². The van der Waals surface area contributed by atoms with Crippen LogP contribution in [0.4, 0.5) is 0 Å². The molecule has 0 amide bonds. The van der Waals surface area contributed by atoms with Gasteiger partial charge in [0.2, 0.25) is 0 Å². The highest BCUT2D eigenvalue weighted by Gasteiger charge is 2.02. The molecule has 3 heteroatoms. The minimum Gasteiger partial charge on any atom is -0.478 e. The fourth-order valence-corrected chi connectivity index (χ4v) is 2.32. The van der Waals surface area contributed by atoms with Crippen molar-refractivity contribution >= 4 is 5.97 Å². The van der Waals surface area contributed by atoms with E-state index in [0.717, 1.165) is 18.6 Å². The zero-order valence-electron chi connectivity index (χ0n) is 13.1. The molecule has 1 rings (SSSR count). The van der Waals surface area contributed by atoms with Crippen LogP contribution >= 0.6 is 0 Å². The summed E-state index contributed by atoms with van der Waals surface area (Å²) in [6.45, 7) is 3.49. The minimum atomic E-state index is -0.889. The molecule has 21 heavy (non-hydrogen) atoms. The number of carbonyl (C=O) groups is 1. The Labute approximate surface area is 128 Å². The van der Waals surface area contributed by atoms with Crippen molar-refractivity contribution in [3.63, 3.8) is 0 Å². The van der Waals surface area contributed by atoms with Crippen molar-refractivity contribution in [3.05, 3.63) is 35.4 Å². The molecule has 0 saturated heterocycles. The zero-order valence-corrected chi connectivity index (χ0v) is 13.1. The molecule has 1 N–H and O–H groups in total. The summed E-state index contributed by atoms with van der Waals surface area (Å²) >= 11 is 0. The Hall–Kier alpha value is -1.35. The first kappa shape index (κ1) is 17.7. The Morgan fingerprint density at radius 3 is 2.38 bits per heavy atom. The number of carboxylic acid groups (broad SMARTS) is 1. The topological polar surface area (TPSA) is 46.5 Å². The van der Waals surface area contributed by atoms with E-state index in [2.05, 4.69) is 6.92 Å². The lowest BCUT2D eigenvalue weighted by atomic mass is 10.1. The minimum absolute atomic E-state index is 0.322. The molecule has 1 aromatic rings. The lowest BCUT2D eigenvalue weighted by Gasteiger charge is -2.05. The Morgan fingerprint density at radius 1 is 1.05 bits per heavy atom. The average molecular weight is 292 g/mol. The maximum absolute atomic E-state index is 10.9. The summed E-state index contributed by atoms with van der Waals surface area (Å²) in [6, 6.07) is 6.94. The van der Waals surface area contributed by atoms with Gasteiger partial charge in [0, 0.05) is 6.61 Å². The number of ether oxygens (including phenoxy) is 1. The third-order valence-electron chi connectivity index (χ3n) is 3.58. The van der Waals surface area contributed by atoms with Crippen LogP contribution in [0.5, 0.6) is 0 Å². The second kappa shape index (κ2) is 11.3. The Balaban J connectivity index is 2.01. The normalized spacial score (nSPS) is 10.7. The van der Waals surface area contributed by atoms with E-state index in [-0.39, 0.29) is 0 Å². The quantitative estimate of drug-likeness (QED) is 0.549. The van der Waals surface area contributed by atoms with Gasteiger partial charge < -0.3 is 9.84 Å². The first-order chi connectivity index (χ1) is 10.2. The molecule has 0 atom stereocenters. The van der Waals surface area contributed by atoms with E-state index in [0.29, 0.717) is 12.2 Å². The van der Waals surface area contributed by atoms with Gasteiger partial charge in [-0.05, 0) is 24.1 Å². The van der Waals surface area contributed by atoms with Crippen LogP contribution < -0.4 is 0 Å². The fourth-order valence-electron chi connectivity index (χ4n) is 2.32. The first-order valence-corrected chi connectivity index (χ1v) is 8.14. The number of benzene rings is 1. The molecule has 118 valence electrons. The van der Waals surface area contributed by atoms with E-state index in [9.17, 15) is 4.79 Å². The highest BCUT2D eigenvalue weighted by molar-refractivity contribution is 5.87. The molecule has 0 aliphatic heterocycles. The Kier molecular flexibility index (Phi) is 9.55. The summed E-state index contributed by atoms with van der Waals surface area (Å²) in [5.41, 5.74) is 1.25. The van der Waals surface area contributed by atoms with Gasteiger partial charge >= 0.3 is 5.97 Å². The van der Waals surface area contributed by atoms with Crippen LogP contribution in [0.3, 0.4) is 0 Å². The second-order valence-corrected chi connectivity index (χ2v) is 5.53. The van der Waals surface area contributed by atoms with Gasteiger partial charge in [0.1, 0.15) is 0 Å². The predicted molar refractivity (Wildman–Crippen MR) is 85.7 cm³/mol. The van der Waals surface area contributed by atoms with Crippen molar-refractivity contribution in [1.29, 1.82) is 0 Å². The summed E-state index contributed by atoms with van der Waals surface area (Å²) in [5, 5.41) is 8.91. The van der Waals surface area contributed by atoms with Crippen LogP contribution in [0.2, 0.25) is 0 Å². The van der Waals surface area contributed by atoms with Gasteiger partial charge in [0.15, 0.2) is 0 Å². The van der Waals surface area contributed by atoms with Crippen molar-refractivity contribution in [3.8, 4) is 0 Å². The van der Waals surface area contributed by atoms with Crippen molar-refractivity contribution in [2.45, 2.75) is 64.9 Å². The monoisotopic (exact) mass is 292 g/mol. The van der Waals surface area contributed by atoms with E-state index in [1.807, 2.05) is 6.07 Å². The van der Waals surface area contributed by atoms with E-state index in [4.69, 9.17) is 9.84 Å². The maximum atomic E-state index is 10.9. The van der Waals surface area contributed by atoms with E-state index < -0.39 is 5.97 Å². The fraction of sp³-hybridized carbons (Fsp3) is 0.611. The van der Waals surface area contributed by atoms with Gasteiger partial charge in [0.05, 0.1) is 12.2 Å². The number of aromatic carboxylic acids is 1. The van der Waals surface area contributed by atoms with Gasteiger partial charge in [-0.15, -0.1) is 0 Å². The van der Waals surface area contributed by atoms with Gasteiger partial charge in [-0.25, -0.2) is 4.79 Å². The Morgan fingerprint density at radius 2 is 1.71 bits per heavy atom. The molecule has 0 fully saturated rings. The molecule has 0 aliphatic rings. The second-order valence-electron chi connectivity index (χ2n) is 5.53. The molecule has 0 bridgehead atoms.